The maximum absolute atomic E-state index is 12.0. The van der Waals surface area contributed by atoms with E-state index in [1.807, 2.05) is 30.3 Å². The van der Waals surface area contributed by atoms with Crippen LogP contribution < -0.4 is 25.3 Å². The van der Waals surface area contributed by atoms with E-state index >= 15 is 0 Å². The molecule has 0 radical (unpaired) electrons. The molecule has 0 unspecified atom stereocenters. The number of pyridine rings is 1. The zero-order chi connectivity index (χ0) is 39.2. The fourth-order valence-corrected chi connectivity index (χ4v) is 7.13. The largest absolute Gasteiger partial charge is 0.493 e. The lowest BCUT2D eigenvalue weighted by atomic mass is 9.93. The van der Waals surface area contributed by atoms with Gasteiger partial charge in [0.25, 0.3) is 0 Å². The third-order valence-electron chi connectivity index (χ3n) is 10.4. The number of nitrogens with one attached hydrogen (secondary N) is 1. The van der Waals surface area contributed by atoms with Crippen LogP contribution in [-0.2, 0) is 19.8 Å². The smallest absolute Gasteiger partial charge is 0.161 e. The Labute approximate surface area is 331 Å². The van der Waals surface area contributed by atoms with Crippen molar-refractivity contribution in [1.29, 1.82) is 0 Å². The highest BCUT2D eigenvalue weighted by Gasteiger charge is 2.18. The maximum atomic E-state index is 12.0. The van der Waals surface area contributed by atoms with Crippen molar-refractivity contribution in [3.8, 4) is 28.4 Å². The number of nitrogens with two attached hydrogens (primary N) is 1. The number of benzene rings is 3. The Morgan fingerprint density at radius 1 is 0.927 bits per heavy atom. The number of halogens is 1. The van der Waals surface area contributed by atoms with Crippen LogP contribution in [0.15, 0.2) is 67.0 Å². The van der Waals surface area contributed by atoms with Crippen LogP contribution >= 0.6 is 11.6 Å². The molecule has 1 aliphatic heterocycles. The molecule has 0 bridgehead atoms. The summed E-state index contributed by atoms with van der Waals surface area (Å²) in [6.45, 7) is 10.7. The Kier molecular flexibility index (Phi) is 16.3. The second kappa shape index (κ2) is 21.3. The van der Waals surface area contributed by atoms with E-state index in [1.165, 1.54) is 6.92 Å². The van der Waals surface area contributed by atoms with Crippen LogP contribution in [0.2, 0.25) is 5.02 Å². The molecule has 0 aliphatic carbocycles. The molecule has 0 spiro atoms. The molecule has 10 nitrogen and oxygen atoms in total. The number of rotatable bonds is 21. The number of hydrogen-bond donors (Lipinski definition) is 4. The Bertz CT molecular complexity index is 1850. The summed E-state index contributed by atoms with van der Waals surface area (Å²) in [6, 6.07) is 17.8. The van der Waals surface area contributed by atoms with Gasteiger partial charge in [-0.15, -0.1) is 0 Å². The highest BCUT2D eigenvalue weighted by Crippen LogP contribution is 2.36. The van der Waals surface area contributed by atoms with Crippen molar-refractivity contribution >= 4 is 17.4 Å². The molecule has 2 heterocycles. The summed E-state index contributed by atoms with van der Waals surface area (Å²) in [5.41, 5.74) is 13.2. The van der Waals surface area contributed by atoms with Crippen LogP contribution in [0.4, 0.5) is 0 Å². The lowest BCUT2D eigenvalue weighted by molar-refractivity contribution is 0.0800. The molecule has 5 N–H and O–H groups in total. The average molecular weight is 773 g/mol. The first kappa shape index (κ1) is 42.1. The van der Waals surface area contributed by atoms with Crippen molar-refractivity contribution in [1.82, 2.24) is 15.2 Å². The average Bonchev–Trinajstić information content (AvgIpc) is 3.19. The molecule has 1 aromatic heterocycles. The van der Waals surface area contributed by atoms with E-state index in [9.17, 15) is 15.0 Å². The van der Waals surface area contributed by atoms with Gasteiger partial charge in [-0.3, -0.25) is 9.78 Å². The van der Waals surface area contributed by atoms with Gasteiger partial charge in [-0.2, -0.15) is 0 Å². The van der Waals surface area contributed by atoms with Crippen LogP contribution in [0.25, 0.3) is 11.1 Å². The van der Waals surface area contributed by atoms with Crippen molar-refractivity contribution in [2.24, 2.45) is 5.73 Å². The minimum atomic E-state index is -0.159. The standard InChI is InChI=1S/C44H57ClN4O6/c1-30-34(9-6-11-39(30)40-12-7-13-42(31(40)2)53-20-8-17-49-18-14-38(52)15-19-49)29-55-44-23-43(54-28-33-21-35(32(3)51)25-47-24-33)36(22-41(44)45)26-48-37(27-50)10-4-5-16-46/h6-7,9,11-13,21-25,37-38,48,50,52H,4-5,8,10,14-20,26-29,46H2,1-3H3/t37-/m0/s1. The van der Waals surface area contributed by atoms with Crippen molar-refractivity contribution in [3.63, 3.8) is 0 Å². The fourth-order valence-electron chi connectivity index (χ4n) is 6.89. The summed E-state index contributed by atoms with van der Waals surface area (Å²) in [6.07, 6.45) is 8.30. The molecule has 1 atom stereocenters. The van der Waals surface area contributed by atoms with Crippen LogP contribution in [0.5, 0.6) is 17.2 Å². The molecule has 4 aromatic rings. The summed E-state index contributed by atoms with van der Waals surface area (Å²) < 4.78 is 19.0. The number of carbonyl (C=O) groups excluding carboxylic acids is 1. The minimum Gasteiger partial charge on any atom is -0.493 e. The van der Waals surface area contributed by atoms with E-state index in [0.29, 0.717) is 41.8 Å². The topological polar surface area (TPSA) is 139 Å². The molecule has 1 fully saturated rings. The minimum absolute atomic E-state index is 0.000343. The van der Waals surface area contributed by atoms with Gasteiger partial charge < -0.3 is 40.4 Å². The lowest BCUT2D eigenvalue weighted by Crippen LogP contribution is -2.36. The summed E-state index contributed by atoms with van der Waals surface area (Å²) in [5, 5.41) is 23.7. The molecule has 55 heavy (non-hydrogen) atoms. The molecule has 1 aliphatic rings. The van der Waals surface area contributed by atoms with Gasteiger partial charge in [0.15, 0.2) is 5.78 Å². The van der Waals surface area contributed by atoms with Gasteiger partial charge in [-0.25, -0.2) is 0 Å². The molecular weight excluding hydrogens is 716 g/mol. The number of aromatic nitrogens is 1. The van der Waals surface area contributed by atoms with E-state index in [1.54, 1.807) is 18.5 Å². The van der Waals surface area contributed by atoms with Crippen LogP contribution in [-0.4, -0.2) is 77.4 Å². The first-order chi connectivity index (χ1) is 26.7. The Morgan fingerprint density at radius 2 is 1.67 bits per heavy atom. The Hall–Kier alpha value is -4.03. The van der Waals surface area contributed by atoms with Gasteiger partial charge in [-0.1, -0.05) is 48.4 Å². The van der Waals surface area contributed by atoms with Gasteiger partial charge in [-0.05, 0) is 105 Å². The number of piperidine rings is 1. The van der Waals surface area contributed by atoms with Gasteiger partial charge in [0.2, 0.25) is 0 Å². The summed E-state index contributed by atoms with van der Waals surface area (Å²) in [7, 11) is 0. The number of aliphatic hydroxyl groups excluding tert-OH is 2. The first-order valence-corrected chi connectivity index (χ1v) is 19.8. The lowest BCUT2D eigenvalue weighted by Gasteiger charge is -2.29. The van der Waals surface area contributed by atoms with Crippen molar-refractivity contribution in [3.05, 3.63) is 105 Å². The number of likely N-dealkylation sites (tertiary alicyclic amines) is 1. The molecule has 296 valence electrons. The van der Waals surface area contributed by atoms with Crippen molar-refractivity contribution in [2.75, 3.05) is 39.4 Å². The number of Topliss-reactive ketones (excluding diaryl/α,β-unsaturated/α-hetero) is 1. The number of carbonyl (C=O) groups is 1. The highest BCUT2D eigenvalue weighted by atomic mass is 35.5. The number of ether oxygens (including phenoxy) is 3. The van der Waals surface area contributed by atoms with Crippen LogP contribution in [0, 0.1) is 13.8 Å². The molecule has 3 aromatic carbocycles. The number of aliphatic hydroxyl groups is 2. The predicted octanol–water partition coefficient (Wildman–Crippen LogP) is 7.18. The maximum Gasteiger partial charge on any atom is 0.161 e. The quantitative estimate of drug-likeness (QED) is 0.0509. The van der Waals surface area contributed by atoms with Gasteiger partial charge in [0, 0.05) is 67.4 Å². The number of hydrogen-bond acceptors (Lipinski definition) is 10. The van der Waals surface area contributed by atoms with Gasteiger partial charge in [0.05, 0.1) is 24.3 Å². The molecule has 5 rings (SSSR count). The van der Waals surface area contributed by atoms with E-state index in [-0.39, 0.29) is 37.7 Å². The molecule has 0 saturated carbocycles. The number of nitrogens with zero attached hydrogens (tertiary/aromatic N) is 2. The van der Waals surface area contributed by atoms with Gasteiger partial charge >= 0.3 is 0 Å². The molecule has 1 saturated heterocycles. The fraction of sp³-hybridized carbons (Fsp3) is 0.455. The first-order valence-electron chi connectivity index (χ1n) is 19.5. The summed E-state index contributed by atoms with van der Waals surface area (Å²) >= 11 is 6.85. The third-order valence-corrected chi connectivity index (χ3v) is 10.7. The Morgan fingerprint density at radius 3 is 2.42 bits per heavy atom. The zero-order valence-electron chi connectivity index (χ0n) is 32.5. The second-order valence-electron chi connectivity index (χ2n) is 14.4. The summed E-state index contributed by atoms with van der Waals surface area (Å²) in [4.78, 5) is 18.6. The van der Waals surface area contributed by atoms with Crippen LogP contribution in [0.3, 0.4) is 0 Å². The normalized spacial score (nSPS) is 14.2. The predicted molar refractivity (Wildman–Crippen MR) is 218 cm³/mol. The number of unbranched alkanes of at least 4 members (excludes halogenated alkanes) is 1. The van der Waals surface area contributed by atoms with E-state index < -0.39 is 0 Å². The molecule has 11 heteroatoms. The van der Waals surface area contributed by atoms with E-state index in [2.05, 4.69) is 47.2 Å². The highest BCUT2D eigenvalue weighted by molar-refractivity contribution is 6.32. The molecular formula is C44H57ClN4O6. The summed E-state index contributed by atoms with van der Waals surface area (Å²) in [5.74, 6) is 1.87. The van der Waals surface area contributed by atoms with Crippen molar-refractivity contribution in [2.45, 2.75) is 91.2 Å². The van der Waals surface area contributed by atoms with E-state index in [0.717, 1.165) is 103 Å². The third kappa shape index (κ3) is 12.2. The number of ketones is 1. The van der Waals surface area contributed by atoms with E-state index in [4.69, 9.17) is 31.5 Å². The van der Waals surface area contributed by atoms with Gasteiger partial charge in [0.1, 0.15) is 30.5 Å². The monoisotopic (exact) mass is 772 g/mol. The zero-order valence-corrected chi connectivity index (χ0v) is 33.2. The Balaban J connectivity index is 1.29. The second-order valence-corrected chi connectivity index (χ2v) is 14.9. The SMILES string of the molecule is CC(=O)c1cncc(COc2cc(OCc3cccc(-c4cccc(OCCCN5CCC(O)CC5)c4C)c3C)c(Cl)cc2CN[C@H](CO)CCCCN)c1. The molecule has 0 amide bonds. The van der Waals surface area contributed by atoms with Crippen LogP contribution in [0.1, 0.15) is 83.6 Å². The van der Waals surface area contributed by atoms with Crippen molar-refractivity contribution < 1.29 is 29.2 Å².